The highest BCUT2D eigenvalue weighted by atomic mass is 16.2. The molecule has 0 aliphatic carbocycles. The molecule has 3 amide bonds. The number of imide groups is 1. The zero-order chi connectivity index (χ0) is 18.1. The maximum Gasteiger partial charge on any atom is 0.262 e. The van der Waals surface area contributed by atoms with E-state index in [1.54, 1.807) is 24.0 Å². The average Bonchev–Trinajstić information content (AvgIpc) is 2.84. The van der Waals surface area contributed by atoms with Crippen molar-refractivity contribution in [3.8, 4) is 0 Å². The zero-order valence-electron chi connectivity index (χ0n) is 15.0. The highest BCUT2D eigenvalue weighted by molar-refractivity contribution is 6.22. The van der Waals surface area contributed by atoms with Gasteiger partial charge in [-0.3, -0.25) is 19.3 Å². The molecule has 1 fully saturated rings. The maximum absolute atomic E-state index is 12.9. The summed E-state index contributed by atoms with van der Waals surface area (Å²) in [5, 5.41) is 3.16. The summed E-state index contributed by atoms with van der Waals surface area (Å²) in [6.07, 6.45) is 2.04. The Balaban J connectivity index is 1.77. The van der Waals surface area contributed by atoms with E-state index in [9.17, 15) is 14.4 Å². The second-order valence-corrected chi connectivity index (χ2v) is 7.06. The third-order valence-corrected chi connectivity index (χ3v) is 5.14. The fourth-order valence-corrected chi connectivity index (χ4v) is 3.82. The number of hydrogen-bond donors (Lipinski definition) is 1. The van der Waals surface area contributed by atoms with Crippen LogP contribution in [-0.2, 0) is 4.79 Å². The molecule has 6 heteroatoms. The van der Waals surface area contributed by atoms with E-state index < -0.39 is 6.04 Å². The van der Waals surface area contributed by atoms with Gasteiger partial charge in [0.1, 0.15) is 6.04 Å². The Bertz CT molecular complexity index is 714. The minimum atomic E-state index is -0.777. The van der Waals surface area contributed by atoms with Gasteiger partial charge in [0, 0.05) is 13.1 Å². The van der Waals surface area contributed by atoms with Gasteiger partial charge >= 0.3 is 0 Å². The third kappa shape index (κ3) is 3.18. The van der Waals surface area contributed by atoms with Crippen LogP contribution < -0.4 is 5.32 Å². The van der Waals surface area contributed by atoms with Gasteiger partial charge in [0.05, 0.1) is 11.1 Å². The van der Waals surface area contributed by atoms with Crippen molar-refractivity contribution in [2.24, 2.45) is 5.92 Å². The minimum Gasteiger partial charge on any atom is -0.341 e. The average molecular weight is 343 g/mol. The predicted octanol–water partition coefficient (Wildman–Crippen LogP) is 1.44. The topological polar surface area (TPSA) is 69.7 Å². The predicted molar refractivity (Wildman–Crippen MR) is 94.4 cm³/mol. The van der Waals surface area contributed by atoms with Crippen molar-refractivity contribution in [2.75, 3.05) is 26.7 Å². The van der Waals surface area contributed by atoms with Gasteiger partial charge in [-0.05, 0) is 58.3 Å². The quantitative estimate of drug-likeness (QED) is 0.840. The number of carbonyl (C=O) groups is 3. The number of rotatable bonds is 4. The van der Waals surface area contributed by atoms with Crippen molar-refractivity contribution in [1.29, 1.82) is 0 Å². The maximum atomic E-state index is 12.9. The first kappa shape index (κ1) is 17.6. The first-order chi connectivity index (χ1) is 11.9. The van der Waals surface area contributed by atoms with Crippen LogP contribution in [0.3, 0.4) is 0 Å². The fourth-order valence-electron chi connectivity index (χ4n) is 3.82. The van der Waals surface area contributed by atoms with E-state index in [0.29, 0.717) is 30.1 Å². The molecule has 0 bridgehead atoms. The molecule has 1 aromatic carbocycles. The molecule has 3 rings (SSSR count). The van der Waals surface area contributed by atoms with E-state index >= 15 is 0 Å². The van der Waals surface area contributed by atoms with Crippen LogP contribution in [0, 0.1) is 12.8 Å². The van der Waals surface area contributed by atoms with Crippen LogP contribution >= 0.6 is 0 Å². The molecule has 6 nitrogen and oxygen atoms in total. The zero-order valence-corrected chi connectivity index (χ0v) is 15.0. The van der Waals surface area contributed by atoms with Crippen molar-refractivity contribution in [1.82, 2.24) is 15.1 Å². The lowest BCUT2D eigenvalue weighted by atomic mass is 9.97. The van der Waals surface area contributed by atoms with Crippen molar-refractivity contribution < 1.29 is 14.4 Å². The molecule has 25 heavy (non-hydrogen) atoms. The number of carbonyl (C=O) groups excluding carboxylic acids is 3. The summed E-state index contributed by atoms with van der Waals surface area (Å²) in [5.74, 6) is -0.468. The Morgan fingerprint density at radius 3 is 2.72 bits per heavy atom. The van der Waals surface area contributed by atoms with E-state index in [-0.39, 0.29) is 17.7 Å². The SMILES string of the molecule is CNCC1CCCN(C(=O)C(C)N2C(=O)c3ccc(C)cc3C2=O)C1. The summed E-state index contributed by atoms with van der Waals surface area (Å²) < 4.78 is 0. The van der Waals surface area contributed by atoms with Crippen LogP contribution in [0.2, 0.25) is 0 Å². The monoisotopic (exact) mass is 343 g/mol. The lowest BCUT2D eigenvalue weighted by molar-refractivity contribution is -0.136. The summed E-state index contributed by atoms with van der Waals surface area (Å²) in [7, 11) is 1.91. The van der Waals surface area contributed by atoms with Crippen molar-refractivity contribution in [3.05, 3.63) is 34.9 Å². The van der Waals surface area contributed by atoms with Gasteiger partial charge in [0.15, 0.2) is 0 Å². The normalized spacial score (nSPS) is 21.5. The molecule has 0 radical (unpaired) electrons. The van der Waals surface area contributed by atoms with Gasteiger partial charge in [-0.15, -0.1) is 0 Å². The van der Waals surface area contributed by atoms with E-state index in [2.05, 4.69) is 5.32 Å². The van der Waals surface area contributed by atoms with E-state index in [1.165, 1.54) is 0 Å². The van der Waals surface area contributed by atoms with Crippen molar-refractivity contribution in [2.45, 2.75) is 32.7 Å². The van der Waals surface area contributed by atoms with Gasteiger partial charge in [-0.25, -0.2) is 0 Å². The summed E-state index contributed by atoms with van der Waals surface area (Å²) in [6, 6.07) is 4.43. The van der Waals surface area contributed by atoms with Gasteiger partial charge in [0.2, 0.25) is 5.91 Å². The Labute approximate surface area is 148 Å². The van der Waals surface area contributed by atoms with Gasteiger partial charge in [-0.1, -0.05) is 11.6 Å². The highest BCUT2D eigenvalue weighted by Crippen LogP contribution is 2.27. The molecule has 134 valence electrons. The molecule has 0 aromatic heterocycles. The number of likely N-dealkylation sites (tertiary alicyclic amines) is 1. The van der Waals surface area contributed by atoms with Gasteiger partial charge in [0.25, 0.3) is 11.8 Å². The lowest BCUT2D eigenvalue weighted by Gasteiger charge is -2.35. The molecule has 2 unspecified atom stereocenters. The Morgan fingerprint density at radius 2 is 2.00 bits per heavy atom. The second-order valence-electron chi connectivity index (χ2n) is 7.06. The Hall–Kier alpha value is -2.21. The molecule has 2 atom stereocenters. The molecule has 1 saturated heterocycles. The third-order valence-electron chi connectivity index (χ3n) is 5.14. The molecule has 2 heterocycles. The molecule has 0 spiro atoms. The number of piperidine rings is 1. The minimum absolute atomic E-state index is 0.146. The molecule has 1 aromatic rings. The standard InChI is InChI=1S/C19H25N3O3/c1-12-6-7-15-16(9-12)19(25)22(18(15)24)13(2)17(23)21-8-4-5-14(11-21)10-20-3/h6-7,9,13-14,20H,4-5,8,10-11H2,1-3H3. The van der Waals surface area contributed by atoms with Crippen molar-refractivity contribution >= 4 is 17.7 Å². The van der Waals surface area contributed by atoms with Gasteiger partial charge in [-0.2, -0.15) is 0 Å². The highest BCUT2D eigenvalue weighted by Gasteiger charge is 2.42. The van der Waals surface area contributed by atoms with Crippen LogP contribution in [-0.4, -0.2) is 60.2 Å². The molecular formula is C19H25N3O3. The van der Waals surface area contributed by atoms with Crippen LogP contribution in [0.15, 0.2) is 18.2 Å². The molecule has 2 aliphatic heterocycles. The second kappa shape index (κ2) is 6.96. The fraction of sp³-hybridized carbons (Fsp3) is 0.526. The first-order valence-electron chi connectivity index (χ1n) is 8.86. The first-order valence-corrected chi connectivity index (χ1v) is 8.86. The molecular weight excluding hydrogens is 318 g/mol. The summed E-state index contributed by atoms with van der Waals surface area (Å²) in [5.41, 5.74) is 1.71. The van der Waals surface area contributed by atoms with Crippen LogP contribution in [0.5, 0.6) is 0 Å². The molecule has 0 saturated carbocycles. The number of nitrogens with zero attached hydrogens (tertiary/aromatic N) is 2. The number of nitrogens with one attached hydrogen (secondary N) is 1. The summed E-state index contributed by atoms with van der Waals surface area (Å²) in [4.78, 5) is 41.1. The van der Waals surface area contributed by atoms with Crippen LogP contribution in [0.4, 0.5) is 0 Å². The summed E-state index contributed by atoms with van der Waals surface area (Å²) in [6.45, 7) is 5.76. The van der Waals surface area contributed by atoms with Crippen LogP contribution in [0.1, 0.15) is 46.0 Å². The van der Waals surface area contributed by atoms with Crippen LogP contribution in [0.25, 0.3) is 0 Å². The number of hydrogen-bond acceptors (Lipinski definition) is 4. The van der Waals surface area contributed by atoms with Crippen molar-refractivity contribution in [3.63, 3.8) is 0 Å². The Morgan fingerprint density at radius 1 is 1.28 bits per heavy atom. The van der Waals surface area contributed by atoms with E-state index in [1.807, 2.05) is 20.0 Å². The number of amides is 3. The van der Waals surface area contributed by atoms with Gasteiger partial charge < -0.3 is 10.2 Å². The number of aryl methyl sites for hydroxylation is 1. The number of fused-ring (bicyclic) bond motifs is 1. The summed E-state index contributed by atoms with van der Waals surface area (Å²) >= 11 is 0. The largest absolute Gasteiger partial charge is 0.341 e. The van der Waals surface area contributed by atoms with E-state index in [0.717, 1.165) is 29.8 Å². The molecule has 2 aliphatic rings. The Kier molecular flexibility index (Phi) is 4.90. The molecule has 1 N–H and O–H groups in total. The lowest BCUT2D eigenvalue weighted by Crippen LogP contribution is -2.52. The number of benzene rings is 1. The smallest absolute Gasteiger partial charge is 0.262 e. The van der Waals surface area contributed by atoms with E-state index in [4.69, 9.17) is 0 Å².